The predicted molar refractivity (Wildman–Crippen MR) is 66.5 cm³/mol. The maximum Gasteiger partial charge on any atom is 0.223 e. The van der Waals surface area contributed by atoms with Crippen molar-refractivity contribution in [3.63, 3.8) is 0 Å². The van der Waals surface area contributed by atoms with Crippen LogP contribution >= 0.6 is 0 Å². The number of carbonyl (C=O) groups is 1. The van der Waals surface area contributed by atoms with E-state index < -0.39 is 0 Å². The summed E-state index contributed by atoms with van der Waals surface area (Å²) in [5.41, 5.74) is 0.284. The van der Waals surface area contributed by atoms with Crippen LogP contribution in [0.25, 0.3) is 0 Å². The van der Waals surface area contributed by atoms with E-state index >= 15 is 0 Å². The molecule has 4 heteroatoms. The van der Waals surface area contributed by atoms with E-state index in [-0.39, 0.29) is 35.8 Å². The highest BCUT2D eigenvalue weighted by Gasteiger charge is 2.57. The van der Waals surface area contributed by atoms with Crippen molar-refractivity contribution in [2.45, 2.75) is 39.2 Å². The van der Waals surface area contributed by atoms with Crippen molar-refractivity contribution in [2.75, 3.05) is 19.7 Å². The van der Waals surface area contributed by atoms with Crippen molar-refractivity contribution in [3.05, 3.63) is 0 Å². The van der Waals surface area contributed by atoms with E-state index in [1.54, 1.807) is 0 Å². The first-order valence-corrected chi connectivity index (χ1v) is 6.71. The van der Waals surface area contributed by atoms with Gasteiger partial charge in [-0.3, -0.25) is 4.79 Å². The Labute approximate surface area is 103 Å². The van der Waals surface area contributed by atoms with Crippen LogP contribution in [0.2, 0.25) is 0 Å². The Kier molecular flexibility index (Phi) is 3.73. The van der Waals surface area contributed by atoms with Crippen LogP contribution < -0.4 is 10.6 Å². The van der Waals surface area contributed by atoms with Gasteiger partial charge in [-0.25, -0.2) is 0 Å². The van der Waals surface area contributed by atoms with Crippen LogP contribution in [0.1, 0.15) is 33.1 Å². The Morgan fingerprint density at radius 2 is 2.12 bits per heavy atom. The van der Waals surface area contributed by atoms with Gasteiger partial charge in [-0.05, 0) is 43.7 Å². The lowest BCUT2D eigenvalue weighted by Crippen LogP contribution is -2.43. The molecule has 17 heavy (non-hydrogen) atoms. The molecule has 1 saturated carbocycles. The molecule has 1 aliphatic carbocycles. The second-order valence-corrected chi connectivity index (χ2v) is 5.91. The summed E-state index contributed by atoms with van der Waals surface area (Å²) in [4.78, 5) is 12.1. The highest BCUT2D eigenvalue weighted by Crippen LogP contribution is 2.58. The summed E-state index contributed by atoms with van der Waals surface area (Å²) in [6.07, 6.45) is 3.28. The van der Waals surface area contributed by atoms with Crippen molar-refractivity contribution in [2.24, 2.45) is 17.3 Å². The summed E-state index contributed by atoms with van der Waals surface area (Å²) in [5, 5.41) is 15.6. The summed E-state index contributed by atoms with van der Waals surface area (Å²) in [6.45, 7) is 6.15. The number of piperidine rings is 1. The number of hydrogen-bond acceptors (Lipinski definition) is 3. The minimum atomic E-state index is -0.0955. The number of aliphatic hydroxyl groups excluding tert-OH is 1. The van der Waals surface area contributed by atoms with E-state index in [9.17, 15) is 9.90 Å². The van der Waals surface area contributed by atoms with Gasteiger partial charge in [0.25, 0.3) is 0 Å². The fraction of sp³-hybridized carbons (Fsp3) is 0.923. The molecule has 1 spiro atoms. The van der Waals surface area contributed by atoms with Crippen LogP contribution in [0.5, 0.6) is 0 Å². The van der Waals surface area contributed by atoms with Gasteiger partial charge in [0.1, 0.15) is 0 Å². The normalized spacial score (nSPS) is 28.1. The number of amides is 1. The van der Waals surface area contributed by atoms with Gasteiger partial charge < -0.3 is 15.7 Å². The first kappa shape index (κ1) is 12.8. The fourth-order valence-electron chi connectivity index (χ4n) is 2.90. The molecule has 4 nitrogen and oxygen atoms in total. The molecule has 1 amide bonds. The zero-order valence-electron chi connectivity index (χ0n) is 10.8. The van der Waals surface area contributed by atoms with Crippen molar-refractivity contribution >= 4 is 5.91 Å². The Balaban J connectivity index is 1.85. The first-order valence-electron chi connectivity index (χ1n) is 6.71. The Hall–Kier alpha value is -0.610. The van der Waals surface area contributed by atoms with Crippen LogP contribution in [-0.4, -0.2) is 36.8 Å². The van der Waals surface area contributed by atoms with E-state index in [4.69, 9.17) is 0 Å². The third-order valence-corrected chi connectivity index (χ3v) is 4.43. The summed E-state index contributed by atoms with van der Waals surface area (Å²) in [5.74, 6) is 0.628. The summed E-state index contributed by atoms with van der Waals surface area (Å²) >= 11 is 0. The lowest BCUT2D eigenvalue weighted by Gasteiger charge is -2.25. The van der Waals surface area contributed by atoms with Crippen molar-refractivity contribution < 1.29 is 9.90 Å². The van der Waals surface area contributed by atoms with Gasteiger partial charge in [0.15, 0.2) is 0 Å². The van der Waals surface area contributed by atoms with Gasteiger partial charge in [-0.2, -0.15) is 0 Å². The highest BCUT2D eigenvalue weighted by atomic mass is 16.3. The number of nitrogens with one attached hydrogen (secondary N) is 2. The summed E-state index contributed by atoms with van der Waals surface area (Å²) < 4.78 is 0. The van der Waals surface area contributed by atoms with E-state index in [0.29, 0.717) is 0 Å². The second-order valence-electron chi connectivity index (χ2n) is 5.91. The van der Waals surface area contributed by atoms with E-state index in [1.165, 1.54) is 0 Å². The third-order valence-electron chi connectivity index (χ3n) is 4.43. The number of hydrogen-bond donors (Lipinski definition) is 3. The number of aliphatic hydroxyl groups is 1. The van der Waals surface area contributed by atoms with Crippen LogP contribution in [-0.2, 0) is 4.79 Å². The molecule has 2 atom stereocenters. The molecule has 2 unspecified atom stereocenters. The number of rotatable bonds is 4. The minimum absolute atomic E-state index is 0.0324. The van der Waals surface area contributed by atoms with Crippen molar-refractivity contribution in [1.82, 2.24) is 10.6 Å². The molecule has 0 aromatic carbocycles. The fourth-order valence-corrected chi connectivity index (χ4v) is 2.90. The maximum atomic E-state index is 12.1. The van der Waals surface area contributed by atoms with Gasteiger partial charge in [-0.1, -0.05) is 13.8 Å². The molecular formula is C13H24N2O2. The maximum absolute atomic E-state index is 12.1. The monoisotopic (exact) mass is 240 g/mol. The SMILES string of the molecule is CC(C)C(CO)NC(=O)C1CC12CCNCC2. The lowest BCUT2D eigenvalue weighted by molar-refractivity contribution is -0.124. The molecule has 2 aliphatic rings. The van der Waals surface area contributed by atoms with Gasteiger partial charge in [0, 0.05) is 5.92 Å². The van der Waals surface area contributed by atoms with Crippen LogP contribution in [0, 0.1) is 17.3 Å². The van der Waals surface area contributed by atoms with Gasteiger partial charge in [0.2, 0.25) is 5.91 Å². The molecule has 2 fully saturated rings. The standard InChI is InChI=1S/C13H24N2O2/c1-9(2)11(8-16)15-12(17)10-7-13(10)3-5-14-6-4-13/h9-11,14,16H,3-8H2,1-2H3,(H,15,17). The predicted octanol–water partition coefficient (Wildman–Crippen LogP) is 0.509. The molecule has 0 aromatic rings. The zero-order valence-corrected chi connectivity index (χ0v) is 10.8. The summed E-state index contributed by atoms with van der Waals surface area (Å²) in [6, 6.07) is -0.0955. The topological polar surface area (TPSA) is 61.4 Å². The van der Waals surface area contributed by atoms with Crippen molar-refractivity contribution in [3.8, 4) is 0 Å². The van der Waals surface area contributed by atoms with Gasteiger partial charge in [0.05, 0.1) is 12.6 Å². The molecule has 0 aromatic heterocycles. The Morgan fingerprint density at radius 1 is 1.47 bits per heavy atom. The molecule has 3 N–H and O–H groups in total. The van der Waals surface area contributed by atoms with E-state index in [1.807, 2.05) is 13.8 Å². The van der Waals surface area contributed by atoms with Gasteiger partial charge >= 0.3 is 0 Å². The molecule has 0 bridgehead atoms. The molecule has 1 saturated heterocycles. The molecule has 98 valence electrons. The quantitative estimate of drug-likeness (QED) is 0.671. The number of carbonyl (C=O) groups excluding carboxylic acids is 1. The Bertz CT molecular complexity index is 285. The van der Waals surface area contributed by atoms with Crippen LogP contribution in [0.4, 0.5) is 0 Å². The average molecular weight is 240 g/mol. The smallest absolute Gasteiger partial charge is 0.223 e. The van der Waals surface area contributed by atoms with Crippen molar-refractivity contribution in [1.29, 1.82) is 0 Å². The van der Waals surface area contributed by atoms with E-state index in [0.717, 1.165) is 32.4 Å². The third kappa shape index (κ3) is 2.63. The zero-order chi connectivity index (χ0) is 12.5. The minimum Gasteiger partial charge on any atom is -0.394 e. The first-order chi connectivity index (χ1) is 8.09. The van der Waals surface area contributed by atoms with Crippen LogP contribution in [0.15, 0.2) is 0 Å². The largest absolute Gasteiger partial charge is 0.394 e. The summed E-state index contributed by atoms with van der Waals surface area (Å²) in [7, 11) is 0. The lowest BCUT2D eigenvalue weighted by atomic mass is 9.91. The van der Waals surface area contributed by atoms with Crippen LogP contribution in [0.3, 0.4) is 0 Å². The molecular weight excluding hydrogens is 216 g/mol. The Morgan fingerprint density at radius 3 is 2.65 bits per heavy atom. The molecule has 2 rings (SSSR count). The van der Waals surface area contributed by atoms with Gasteiger partial charge in [-0.15, -0.1) is 0 Å². The average Bonchev–Trinajstić information content (AvgIpc) is 3.00. The molecule has 1 aliphatic heterocycles. The molecule has 0 radical (unpaired) electrons. The second kappa shape index (κ2) is 4.94. The highest BCUT2D eigenvalue weighted by molar-refractivity contribution is 5.82. The van der Waals surface area contributed by atoms with E-state index in [2.05, 4.69) is 10.6 Å². The molecule has 1 heterocycles.